The van der Waals surface area contributed by atoms with Crippen LogP contribution in [0.1, 0.15) is 54.7 Å². The molecule has 0 bridgehead atoms. The van der Waals surface area contributed by atoms with E-state index in [-0.39, 0.29) is 5.91 Å². The van der Waals surface area contributed by atoms with Gasteiger partial charge in [0, 0.05) is 32.7 Å². The zero-order valence-electron chi connectivity index (χ0n) is 14.5. The van der Waals surface area contributed by atoms with Crippen molar-refractivity contribution in [3.8, 4) is 0 Å². The first-order valence-corrected chi connectivity index (χ1v) is 9.01. The molecule has 1 saturated carbocycles. The number of amides is 1. The van der Waals surface area contributed by atoms with Crippen LogP contribution in [-0.4, -0.2) is 46.9 Å². The lowest BCUT2D eigenvalue weighted by atomic mass is 9.88. The molecule has 0 N–H and O–H groups in total. The fraction of sp³-hybridized carbons (Fsp3) is 0.778. The van der Waals surface area contributed by atoms with E-state index in [1.807, 2.05) is 20.0 Å². The van der Waals surface area contributed by atoms with Crippen LogP contribution in [-0.2, 0) is 11.8 Å². The number of hydrogen-bond donors (Lipinski definition) is 0. The number of aryl methyl sites for hydroxylation is 2. The molecule has 5 nitrogen and oxygen atoms in total. The van der Waals surface area contributed by atoms with Crippen LogP contribution in [0.25, 0.3) is 0 Å². The number of rotatable bonds is 5. The molecule has 1 amide bonds. The fourth-order valence-electron chi connectivity index (χ4n) is 3.93. The summed E-state index contributed by atoms with van der Waals surface area (Å²) in [6.07, 6.45) is 7.56. The maximum Gasteiger partial charge on any atom is 0.272 e. The van der Waals surface area contributed by atoms with Crippen LogP contribution in [0.2, 0.25) is 0 Å². The first-order valence-electron chi connectivity index (χ1n) is 9.01. The monoisotopic (exact) mass is 319 g/mol. The van der Waals surface area contributed by atoms with Crippen LogP contribution >= 0.6 is 0 Å². The largest absolute Gasteiger partial charge is 0.381 e. The number of carbonyl (C=O) groups excluding carboxylic acids is 1. The van der Waals surface area contributed by atoms with Gasteiger partial charge in [0.2, 0.25) is 0 Å². The summed E-state index contributed by atoms with van der Waals surface area (Å²) in [5, 5.41) is 4.34. The summed E-state index contributed by atoms with van der Waals surface area (Å²) in [5.74, 6) is 1.27. The van der Waals surface area contributed by atoms with Gasteiger partial charge >= 0.3 is 0 Å². The second-order valence-electron chi connectivity index (χ2n) is 7.24. The van der Waals surface area contributed by atoms with Crippen LogP contribution in [0.5, 0.6) is 0 Å². The van der Waals surface area contributed by atoms with E-state index >= 15 is 0 Å². The highest BCUT2D eigenvalue weighted by atomic mass is 16.5. The van der Waals surface area contributed by atoms with Crippen molar-refractivity contribution in [2.75, 3.05) is 26.3 Å². The molecule has 2 aliphatic rings. The third-order valence-electron chi connectivity index (χ3n) is 5.21. The van der Waals surface area contributed by atoms with Crippen molar-refractivity contribution in [2.45, 2.75) is 45.4 Å². The van der Waals surface area contributed by atoms with E-state index in [1.54, 1.807) is 4.68 Å². The quantitative estimate of drug-likeness (QED) is 0.838. The predicted molar refractivity (Wildman–Crippen MR) is 89.3 cm³/mol. The van der Waals surface area contributed by atoms with Crippen molar-refractivity contribution in [3.05, 3.63) is 17.5 Å². The molecule has 5 heteroatoms. The summed E-state index contributed by atoms with van der Waals surface area (Å²) >= 11 is 0. The van der Waals surface area contributed by atoms with Crippen molar-refractivity contribution in [1.29, 1.82) is 0 Å². The normalized spacial score (nSPS) is 22.4. The van der Waals surface area contributed by atoms with Crippen LogP contribution in [0.4, 0.5) is 0 Å². The summed E-state index contributed by atoms with van der Waals surface area (Å²) in [4.78, 5) is 15.1. The summed E-state index contributed by atoms with van der Waals surface area (Å²) in [5.41, 5.74) is 1.61. The predicted octanol–water partition coefficient (Wildman–Crippen LogP) is 2.79. The van der Waals surface area contributed by atoms with Crippen molar-refractivity contribution < 1.29 is 9.53 Å². The van der Waals surface area contributed by atoms with E-state index in [2.05, 4.69) is 10.00 Å². The average molecular weight is 319 g/mol. The van der Waals surface area contributed by atoms with Gasteiger partial charge in [0.05, 0.1) is 12.3 Å². The molecule has 2 heterocycles. The Bertz CT molecular complexity index is 528. The first-order chi connectivity index (χ1) is 11.1. The van der Waals surface area contributed by atoms with E-state index in [4.69, 9.17) is 4.74 Å². The Morgan fingerprint density at radius 1 is 1.26 bits per heavy atom. The van der Waals surface area contributed by atoms with Gasteiger partial charge in [-0.05, 0) is 38.2 Å². The van der Waals surface area contributed by atoms with Crippen molar-refractivity contribution in [3.63, 3.8) is 0 Å². The third kappa shape index (κ3) is 4.14. The molecule has 2 fully saturated rings. The lowest BCUT2D eigenvalue weighted by molar-refractivity contribution is 0.0662. The zero-order chi connectivity index (χ0) is 16.2. The molecule has 0 aromatic carbocycles. The highest BCUT2D eigenvalue weighted by Gasteiger charge is 2.27. The van der Waals surface area contributed by atoms with Crippen LogP contribution in [0.15, 0.2) is 6.07 Å². The molecule has 1 aromatic rings. The minimum Gasteiger partial charge on any atom is -0.381 e. The fourth-order valence-corrected chi connectivity index (χ4v) is 3.93. The standard InChI is InChI=1S/C18H29N3O2/c1-14-10-17(20(2)19-14)18(22)21(12-16-8-9-23-13-16)11-15-6-4-3-5-7-15/h10,15-16H,3-9,11-13H2,1-2H3/t16-/m1/s1. The Hall–Kier alpha value is -1.36. The molecule has 128 valence electrons. The Balaban J connectivity index is 1.72. The number of ether oxygens (including phenoxy) is 1. The maximum absolute atomic E-state index is 13.1. The van der Waals surface area contributed by atoms with Gasteiger partial charge in [-0.25, -0.2) is 0 Å². The third-order valence-corrected chi connectivity index (χ3v) is 5.21. The second kappa shape index (κ2) is 7.47. The Morgan fingerprint density at radius 3 is 2.61 bits per heavy atom. The van der Waals surface area contributed by atoms with E-state index in [0.717, 1.165) is 38.4 Å². The van der Waals surface area contributed by atoms with Crippen molar-refractivity contribution in [2.24, 2.45) is 18.9 Å². The molecule has 23 heavy (non-hydrogen) atoms. The molecule has 0 radical (unpaired) electrons. The SMILES string of the molecule is Cc1cc(C(=O)N(CC2CCCCC2)C[C@H]2CCOC2)n(C)n1. The van der Waals surface area contributed by atoms with Crippen LogP contribution in [0.3, 0.4) is 0 Å². The highest BCUT2D eigenvalue weighted by Crippen LogP contribution is 2.26. The zero-order valence-corrected chi connectivity index (χ0v) is 14.5. The van der Waals surface area contributed by atoms with E-state index in [1.165, 1.54) is 32.1 Å². The average Bonchev–Trinajstić information content (AvgIpc) is 3.16. The molecule has 3 rings (SSSR count). The summed E-state index contributed by atoms with van der Waals surface area (Å²) in [7, 11) is 1.86. The van der Waals surface area contributed by atoms with Gasteiger partial charge in [-0.2, -0.15) is 5.10 Å². The molecular weight excluding hydrogens is 290 g/mol. The minimum atomic E-state index is 0.130. The van der Waals surface area contributed by atoms with Gasteiger partial charge in [0.25, 0.3) is 5.91 Å². The molecule has 0 spiro atoms. The van der Waals surface area contributed by atoms with Gasteiger partial charge in [-0.15, -0.1) is 0 Å². The molecule has 1 saturated heterocycles. The lowest BCUT2D eigenvalue weighted by Crippen LogP contribution is -2.40. The van der Waals surface area contributed by atoms with E-state index in [9.17, 15) is 4.79 Å². The van der Waals surface area contributed by atoms with Crippen molar-refractivity contribution in [1.82, 2.24) is 14.7 Å². The molecule has 0 unspecified atom stereocenters. The molecule has 1 atom stereocenters. The Morgan fingerprint density at radius 2 is 2.00 bits per heavy atom. The maximum atomic E-state index is 13.1. The van der Waals surface area contributed by atoms with Gasteiger partial charge in [0.1, 0.15) is 5.69 Å². The number of nitrogens with zero attached hydrogens (tertiary/aromatic N) is 3. The molecule has 1 aromatic heterocycles. The summed E-state index contributed by atoms with van der Waals surface area (Å²) in [6.45, 7) is 5.27. The summed E-state index contributed by atoms with van der Waals surface area (Å²) in [6, 6.07) is 1.90. The smallest absolute Gasteiger partial charge is 0.272 e. The number of carbonyl (C=O) groups is 1. The first kappa shape index (κ1) is 16.5. The minimum absolute atomic E-state index is 0.130. The van der Waals surface area contributed by atoms with Gasteiger partial charge < -0.3 is 9.64 Å². The van der Waals surface area contributed by atoms with Crippen LogP contribution in [0, 0.1) is 18.8 Å². The highest BCUT2D eigenvalue weighted by molar-refractivity contribution is 5.92. The number of hydrogen-bond acceptors (Lipinski definition) is 3. The number of aromatic nitrogens is 2. The topological polar surface area (TPSA) is 47.4 Å². The summed E-state index contributed by atoms with van der Waals surface area (Å²) < 4.78 is 7.22. The molecule has 1 aliphatic carbocycles. The Kier molecular flexibility index (Phi) is 5.36. The van der Waals surface area contributed by atoms with E-state index in [0.29, 0.717) is 17.5 Å². The van der Waals surface area contributed by atoms with Gasteiger partial charge in [-0.3, -0.25) is 9.48 Å². The van der Waals surface area contributed by atoms with E-state index < -0.39 is 0 Å². The van der Waals surface area contributed by atoms with Crippen LogP contribution < -0.4 is 0 Å². The molecule has 1 aliphatic heterocycles. The Labute approximate surface area is 139 Å². The van der Waals surface area contributed by atoms with Gasteiger partial charge in [0.15, 0.2) is 0 Å². The lowest BCUT2D eigenvalue weighted by Gasteiger charge is -2.31. The molecular formula is C18H29N3O2. The second-order valence-corrected chi connectivity index (χ2v) is 7.24. The van der Waals surface area contributed by atoms with Gasteiger partial charge in [-0.1, -0.05) is 19.3 Å². The van der Waals surface area contributed by atoms with Crippen molar-refractivity contribution >= 4 is 5.91 Å².